The molecule has 0 amide bonds. The highest BCUT2D eigenvalue weighted by Gasteiger charge is 2.13. The molecule has 21 heavy (non-hydrogen) atoms. The van der Waals surface area contributed by atoms with Gasteiger partial charge in [-0.1, -0.05) is 17.7 Å². The molecule has 0 fully saturated rings. The van der Waals surface area contributed by atoms with Crippen LogP contribution in [0.4, 0.5) is 10.1 Å². The van der Waals surface area contributed by atoms with Crippen LogP contribution in [-0.4, -0.2) is 7.11 Å². The lowest BCUT2D eigenvalue weighted by atomic mass is 10.1. The highest BCUT2D eigenvalue weighted by Crippen LogP contribution is 2.36. The fourth-order valence-electron chi connectivity index (χ4n) is 1.96. The Bertz CT molecular complexity index is 666. The van der Waals surface area contributed by atoms with Crippen molar-refractivity contribution in [3.05, 3.63) is 55.7 Å². The zero-order valence-electron chi connectivity index (χ0n) is 11.4. The van der Waals surface area contributed by atoms with Crippen molar-refractivity contribution in [2.75, 3.05) is 12.4 Å². The standard InChI is InChI=1S/C15H13Br2ClFNO/c1-8(10-4-3-9(19)5-13(10)18)20-14-7-15(21-2)12(17)6-11(14)16/h3-8,20H,1-2H3. The van der Waals surface area contributed by atoms with E-state index >= 15 is 0 Å². The Balaban J connectivity index is 2.29. The quantitative estimate of drug-likeness (QED) is 0.616. The molecule has 0 aromatic heterocycles. The van der Waals surface area contributed by atoms with Crippen molar-refractivity contribution in [2.45, 2.75) is 13.0 Å². The van der Waals surface area contributed by atoms with Crippen LogP contribution >= 0.6 is 43.5 Å². The fraction of sp³-hybridized carbons (Fsp3) is 0.200. The number of anilines is 1. The molecule has 6 heteroatoms. The first-order valence-electron chi connectivity index (χ1n) is 6.17. The van der Waals surface area contributed by atoms with E-state index in [-0.39, 0.29) is 11.9 Å². The van der Waals surface area contributed by atoms with Crippen molar-refractivity contribution in [3.63, 3.8) is 0 Å². The molecule has 0 saturated heterocycles. The van der Waals surface area contributed by atoms with Crippen LogP contribution in [0, 0.1) is 5.82 Å². The molecule has 0 saturated carbocycles. The average molecular weight is 438 g/mol. The molecular weight excluding hydrogens is 424 g/mol. The highest BCUT2D eigenvalue weighted by atomic mass is 79.9. The Labute approximate surface area is 144 Å². The molecule has 0 radical (unpaired) electrons. The highest BCUT2D eigenvalue weighted by molar-refractivity contribution is 9.11. The van der Waals surface area contributed by atoms with Gasteiger partial charge < -0.3 is 10.1 Å². The fourth-order valence-corrected chi connectivity index (χ4v) is 3.56. The molecule has 0 aliphatic rings. The largest absolute Gasteiger partial charge is 0.495 e. The molecule has 2 aromatic rings. The van der Waals surface area contributed by atoms with E-state index < -0.39 is 0 Å². The van der Waals surface area contributed by atoms with Gasteiger partial charge in [0.15, 0.2) is 0 Å². The van der Waals surface area contributed by atoms with E-state index in [1.165, 1.54) is 12.1 Å². The lowest BCUT2D eigenvalue weighted by Crippen LogP contribution is -2.08. The van der Waals surface area contributed by atoms with E-state index in [4.69, 9.17) is 16.3 Å². The van der Waals surface area contributed by atoms with E-state index in [1.807, 2.05) is 19.1 Å². The number of methoxy groups -OCH3 is 1. The van der Waals surface area contributed by atoms with Crippen molar-refractivity contribution in [3.8, 4) is 5.75 Å². The average Bonchev–Trinajstić information content (AvgIpc) is 2.41. The van der Waals surface area contributed by atoms with Gasteiger partial charge in [0.05, 0.1) is 23.3 Å². The number of benzene rings is 2. The maximum atomic E-state index is 13.1. The summed E-state index contributed by atoms with van der Waals surface area (Å²) in [6, 6.07) is 8.09. The maximum Gasteiger partial charge on any atom is 0.135 e. The van der Waals surface area contributed by atoms with Gasteiger partial charge in [0.25, 0.3) is 0 Å². The summed E-state index contributed by atoms with van der Waals surface area (Å²) >= 11 is 13.0. The molecule has 0 aliphatic heterocycles. The first kappa shape index (κ1) is 16.6. The minimum Gasteiger partial charge on any atom is -0.495 e. The molecule has 0 spiro atoms. The van der Waals surface area contributed by atoms with Gasteiger partial charge in [0, 0.05) is 15.6 Å². The molecule has 2 rings (SSSR count). The van der Waals surface area contributed by atoms with Crippen molar-refractivity contribution in [1.29, 1.82) is 0 Å². The summed E-state index contributed by atoms with van der Waals surface area (Å²) in [6.45, 7) is 1.96. The molecule has 1 unspecified atom stereocenters. The second-order valence-electron chi connectivity index (χ2n) is 4.50. The number of rotatable bonds is 4. The van der Waals surface area contributed by atoms with Crippen LogP contribution in [-0.2, 0) is 0 Å². The third-order valence-electron chi connectivity index (χ3n) is 3.04. The predicted octanol–water partition coefficient (Wildman–Crippen LogP) is 6.19. The molecule has 2 aromatic carbocycles. The summed E-state index contributed by atoms with van der Waals surface area (Å²) in [5.41, 5.74) is 1.69. The molecule has 0 heterocycles. The summed E-state index contributed by atoms with van der Waals surface area (Å²) in [5, 5.41) is 3.73. The van der Waals surface area contributed by atoms with E-state index in [1.54, 1.807) is 13.2 Å². The van der Waals surface area contributed by atoms with Gasteiger partial charge in [0.2, 0.25) is 0 Å². The first-order chi connectivity index (χ1) is 9.92. The smallest absolute Gasteiger partial charge is 0.135 e. The summed E-state index contributed by atoms with van der Waals surface area (Å²) in [7, 11) is 1.61. The van der Waals surface area contributed by atoms with Crippen LogP contribution in [0.1, 0.15) is 18.5 Å². The molecule has 1 N–H and O–H groups in total. The van der Waals surface area contributed by atoms with E-state index in [0.29, 0.717) is 5.02 Å². The van der Waals surface area contributed by atoms with Crippen LogP contribution in [0.5, 0.6) is 5.75 Å². The van der Waals surface area contributed by atoms with Crippen molar-refractivity contribution in [2.24, 2.45) is 0 Å². The summed E-state index contributed by atoms with van der Waals surface area (Å²) in [5.74, 6) is 0.376. The number of halogens is 4. The van der Waals surface area contributed by atoms with Crippen LogP contribution in [0.3, 0.4) is 0 Å². The van der Waals surface area contributed by atoms with Gasteiger partial charge in [0.1, 0.15) is 11.6 Å². The Morgan fingerprint density at radius 2 is 1.90 bits per heavy atom. The predicted molar refractivity (Wildman–Crippen MR) is 91.8 cm³/mol. The van der Waals surface area contributed by atoms with Crippen molar-refractivity contribution >= 4 is 49.1 Å². The number of hydrogen-bond acceptors (Lipinski definition) is 2. The number of hydrogen-bond donors (Lipinski definition) is 1. The Kier molecular flexibility index (Phi) is 5.52. The van der Waals surface area contributed by atoms with Crippen LogP contribution < -0.4 is 10.1 Å². The molecule has 2 nitrogen and oxygen atoms in total. The third-order valence-corrected chi connectivity index (χ3v) is 4.65. The second-order valence-corrected chi connectivity index (χ2v) is 6.61. The van der Waals surface area contributed by atoms with Gasteiger partial charge in [-0.2, -0.15) is 0 Å². The summed E-state index contributed by atoms with van der Waals surface area (Å²) < 4.78 is 20.1. The van der Waals surface area contributed by atoms with Crippen molar-refractivity contribution in [1.82, 2.24) is 0 Å². The molecular formula is C15H13Br2ClFNO. The van der Waals surface area contributed by atoms with Gasteiger partial charge >= 0.3 is 0 Å². The van der Waals surface area contributed by atoms with Gasteiger partial charge in [-0.15, -0.1) is 0 Å². The van der Waals surface area contributed by atoms with Crippen molar-refractivity contribution < 1.29 is 9.13 Å². The molecule has 0 aliphatic carbocycles. The van der Waals surface area contributed by atoms with E-state index in [9.17, 15) is 4.39 Å². The van der Waals surface area contributed by atoms with Crippen LogP contribution in [0.2, 0.25) is 5.02 Å². The maximum absolute atomic E-state index is 13.1. The number of ether oxygens (including phenoxy) is 1. The Morgan fingerprint density at radius 3 is 2.52 bits per heavy atom. The topological polar surface area (TPSA) is 21.3 Å². The normalized spacial score (nSPS) is 12.1. The minimum atomic E-state index is -0.345. The molecule has 1 atom stereocenters. The SMILES string of the molecule is COc1cc(NC(C)c2ccc(F)cc2Cl)c(Br)cc1Br. The second kappa shape index (κ2) is 6.99. The lowest BCUT2D eigenvalue weighted by Gasteiger charge is -2.19. The third kappa shape index (κ3) is 3.90. The van der Waals surface area contributed by atoms with E-state index in [0.717, 1.165) is 25.9 Å². The van der Waals surface area contributed by atoms with Gasteiger partial charge in [-0.3, -0.25) is 0 Å². The van der Waals surface area contributed by atoms with Gasteiger partial charge in [-0.05, 0) is 62.5 Å². The van der Waals surface area contributed by atoms with Crippen LogP contribution in [0.15, 0.2) is 39.3 Å². The van der Waals surface area contributed by atoms with E-state index in [2.05, 4.69) is 37.2 Å². The Morgan fingerprint density at radius 1 is 1.19 bits per heavy atom. The van der Waals surface area contributed by atoms with Gasteiger partial charge in [-0.25, -0.2) is 4.39 Å². The summed E-state index contributed by atoms with van der Waals surface area (Å²) in [6.07, 6.45) is 0. The zero-order valence-corrected chi connectivity index (χ0v) is 15.3. The molecule has 0 bridgehead atoms. The number of nitrogens with one attached hydrogen (secondary N) is 1. The molecule has 112 valence electrons. The lowest BCUT2D eigenvalue weighted by molar-refractivity contribution is 0.412. The van der Waals surface area contributed by atoms with Crippen LogP contribution in [0.25, 0.3) is 0 Å². The summed E-state index contributed by atoms with van der Waals surface area (Å²) in [4.78, 5) is 0. The Hall–Kier alpha value is -0.780. The first-order valence-corrected chi connectivity index (χ1v) is 8.13. The monoisotopic (exact) mass is 435 g/mol. The minimum absolute atomic E-state index is 0.0831. The zero-order chi connectivity index (χ0) is 15.6.